The van der Waals surface area contributed by atoms with Gasteiger partial charge in [0.2, 0.25) is 5.76 Å². The SMILES string of the molecule is CC(=O)N(N)OC(=O)c1ccc(-c2ccc(Cl)cc2)o1. The van der Waals surface area contributed by atoms with Crippen LogP contribution in [0.25, 0.3) is 11.3 Å². The fraction of sp³-hybridized carbons (Fsp3) is 0.0769. The molecule has 1 amide bonds. The second-order valence-electron chi connectivity index (χ2n) is 3.89. The number of rotatable bonds is 2. The molecule has 1 aromatic carbocycles. The number of hydroxylamine groups is 1. The molecule has 0 saturated carbocycles. The van der Waals surface area contributed by atoms with E-state index in [4.69, 9.17) is 21.9 Å². The molecule has 1 aromatic heterocycles. The Labute approximate surface area is 119 Å². The average Bonchev–Trinajstić information content (AvgIpc) is 2.89. The molecule has 0 bridgehead atoms. The van der Waals surface area contributed by atoms with Crippen LogP contribution in [0, 0.1) is 0 Å². The molecule has 6 nitrogen and oxygen atoms in total. The van der Waals surface area contributed by atoms with Crippen LogP contribution >= 0.6 is 11.6 Å². The Balaban J connectivity index is 2.14. The lowest BCUT2D eigenvalue weighted by atomic mass is 10.2. The standard InChI is InChI=1S/C13H11ClN2O4/c1-8(17)16(15)20-13(18)12-7-6-11(19-12)9-2-4-10(14)5-3-9/h2-7H,15H2,1H3. The quantitative estimate of drug-likeness (QED) is 0.522. The number of amides is 1. The summed E-state index contributed by atoms with van der Waals surface area (Å²) in [6, 6.07) is 9.94. The predicted octanol–water partition coefficient (Wildman–Crippen LogP) is 2.39. The van der Waals surface area contributed by atoms with Crippen LogP contribution < -0.4 is 5.84 Å². The zero-order chi connectivity index (χ0) is 14.7. The summed E-state index contributed by atoms with van der Waals surface area (Å²) in [5.74, 6) is 4.12. The maximum absolute atomic E-state index is 11.6. The van der Waals surface area contributed by atoms with Crippen molar-refractivity contribution in [1.82, 2.24) is 5.17 Å². The first-order chi connectivity index (χ1) is 9.47. The van der Waals surface area contributed by atoms with E-state index in [9.17, 15) is 9.59 Å². The van der Waals surface area contributed by atoms with Gasteiger partial charge in [0.05, 0.1) is 0 Å². The molecule has 0 aliphatic rings. The lowest BCUT2D eigenvalue weighted by Gasteiger charge is -2.11. The lowest BCUT2D eigenvalue weighted by molar-refractivity contribution is -0.166. The smallest absolute Gasteiger partial charge is 0.400 e. The number of furan rings is 1. The van der Waals surface area contributed by atoms with Crippen molar-refractivity contribution in [1.29, 1.82) is 0 Å². The van der Waals surface area contributed by atoms with E-state index >= 15 is 0 Å². The molecule has 0 fully saturated rings. The maximum Gasteiger partial charge on any atom is 0.400 e. The third kappa shape index (κ3) is 3.17. The lowest BCUT2D eigenvalue weighted by Crippen LogP contribution is -2.37. The minimum absolute atomic E-state index is 0.0633. The molecule has 0 unspecified atom stereocenters. The minimum atomic E-state index is -0.858. The number of carbonyl (C=O) groups is 2. The summed E-state index contributed by atoms with van der Waals surface area (Å²) in [7, 11) is 0. The van der Waals surface area contributed by atoms with Crippen LogP contribution in [0.3, 0.4) is 0 Å². The monoisotopic (exact) mass is 294 g/mol. The van der Waals surface area contributed by atoms with Gasteiger partial charge in [-0.3, -0.25) is 4.79 Å². The summed E-state index contributed by atoms with van der Waals surface area (Å²) in [6.45, 7) is 1.16. The van der Waals surface area contributed by atoms with Gasteiger partial charge in [-0.25, -0.2) is 10.6 Å². The fourth-order valence-corrected chi connectivity index (χ4v) is 1.54. The van der Waals surface area contributed by atoms with Gasteiger partial charge in [-0.1, -0.05) is 11.6 Å². The minimum Gasteiger partial charge on any atom is -0.449 e. The normalized spacial score (nSPS) is 10.2. The van der Waals surface area contributed by atoms with Gasteiger partial charge < -0.3 is 9.25 Å². The Morgan fingerprint density at radius 1 is 1.20 bits per heavy atom. The molecule has 20 heavy (non-hydrogen) atoms. The molecule has 0 aliphatic heterocycles. The molecule has 7 heteroatoms. The van der Waals surface area contributed by atoms with Crippen LogP contribution in [0.15, 0.2) is 40.8 Å². The van der Waals surface area contributed by atoms with Crippen molar-refractivity contribution in [3.05, 3.63) is 47.2 Å². The van der Waals surface area contributed by atoms with E-state index in [1.54, 1.807) is 30.3 Å². The van der Waals surface area contributed by atoms with Gasteiger partial charge in [0, 0.05) is 17.5 Å². The zero-order valence-electron chi connectivity index (χ0n) is 10.5. The molecule has 0 atom stereocenters. The van der Waals surface area contributed by atoms with Gasteiger partial charge in [-0.2, -0.15) is 0 Å². The van der Waals surface area contributed by atoms with Crippen LogP contribution in [-0.4, -0.2) is 17.0 Å². The van der Waals surface area contributed by atoms with Crippen LogP contribution in [0.4, 0.5) is 0 Å². The number of hydrazine groups is 1. The molecule has 2 rings (SSSR count). The molecule has 2 N–H and O–H groups in total. The molecule has 0 saturated heterocycles. The molecular formula is C13H11ClN2O4. The van der Waals surface area contributed by atoms with E-state index in [0.29, 0.717) is 16.0 Å². The predicted molar refractivity (Wildman–Crippen MR) is 71.3 cm³/mol. The van der Waals surface area contributed by atoms with E-state index in [0.717, 1.165) is 12.5 Å². The van der Waals surface area contributed by atoms with E-state index < -0.39 is 11.9 Å². The highest BCUT2D eigenvalue weighted by atomic mass is 35.5. The number of hydrogen-bond donors (Lipinski definition) is 1. The summed E-state index contributed by atoms with van der Waals surface area (Å²) >= 11 is 5.79. The molecule has 0 aliphatic carbocycles. The van der Waals surface area contributed by atoms with Crippen molar-refractivity contribution >= 4 is 23.5 Å². The first kappa shape index (κ1) is 14.1. The average molecular weight is 295 g/mol. The van der Waals surface area contributed by atoms with Crippen molar-refractivity contribution in [3.8, 4) is 11.3 Å². The Kier molecular flexibility index (Phi) is 4.07. The number of halogens is 1. The number of benzene rings is 1. The number of hydrogen-bond acceptors (Lipinski definition) is 5. The highest BCUT2D eigenvalue weighted by Gasteiger charge is 2.17. The van der Waals surface area contributed by atoms with Crippen molar-refractivity contribution in [3.63, 3.8) is 0 Å². The molecule has 104 valence electrons. The fourth-order valence-electron chi connectivity index (χ4n) is 1.42. The Morgan fingerprint density at radius 3 is 2.45 bits per heavy atom. The zero-order valence-corrected chi connectivity index (χ0v) is 11.3. The molecule has 1 heterocycles. The van der Waals surface area contributed by atoms with E-state index in [-0.39, 0.29) is 5.76 Å². The first-order valence-corrected chi connectivity index (χ1v) is 5.98. The van der Waals surface area contributed by atoms with Gasteiger partial charge in [0.25, 0.3) is 5.91 Å². The van der Waals surface area contributed by atoms with Gasteiger partial charge in [0.1, 0.15) is 5.76 Å². The van der Waals surface area contributed by atoms with Gasteiger partial charge >= 0.3 is 5.97 Å². The Hall–Kier alpha value is -2.31. The van der Waals surface area contributed by atoms with Gasteiger partial charge in [-0.05, 0) is 36.4 Å². The summed E-state index contributed by atoms with van der Waals surface area (Å²) in [5, 5.41) is 0.937. The van der Waals surface area contributed by atoms with Crippen LogP contribution in [0.2, 0.25) is 5.02 Å². The second kappa shape index (κ2) is 5.77. The highest BCUT2D eigenvalue weighted by molar-refractivity contribution is 6.30. The third-order valence-electron chi connectivity index (χ3n) is 2.43. The Morgan fingerprint density at radius 2 is 1.85 bits per heavy atom. The second-order valence-corrected chi connectivity index (χ2v) is 4.33. The van der Waals surface area contributed by atoms with Crippen LogP contribution in [0.1, 0.15) is 17.5 Å². The van der Waals surface area contributed by atoms with E-state index in [1.165, 1.54) is 6.07 Å². The highest BCUT2D eigenvalue weighted by Crippen LogP contribution is 2.24. The number of carbonyl (C=O) groups excluding carboxylic acids is 2. The number of nitrogens with zero attached hydrogens (tertiary/aromatic N) is 1. The summed E-state index contributed by atoms with van der Waals surface area (Å²) in [5.41, 5.74) is 0.754. The summed E-state index contributed by atoms with van der Waals surface area (Å²) in [6.07, 6.45) is 0. The van der Waals surface area contributed by atoms with Crippen molar-refractivity contribution < 1.29 is 18.8 Å². The summed E-state index contributed by atoms with van der Waals surface area (Å²) in [4.78, 5) is 27.1. The van der Waals surface area contributed by atoms with E-state index in [2.05, 4.69) is 4.84 Å². The van der Waals surface area contributed by atoms with Crippen LogP contribution in [0.5, 0.6) is 0 Å². The third-order valence-corrected chi connectivity index (χ3v) is 2.68. The van der Waals surface area contributed by atoms with Gasteiger partial charge in [0.15, 0.2) is 0 Å². The van der Waals surface area contributed by atoms with E-state index in [1.807, 2.05) is 0 Å². The Bertz CT molecular complexity index is 636. The van der Waals surface area contributed by atoms with Crippen LogP contribution in [-0.2, 0) is 9.63 Å². The summed E-state index contributed by atoms with van der Waals surface area (Å²) < 4.78 is 5.34. The van der Waals surface area contributed by atoms with Crippen molar-refractivity contribution in [2.75, 3.05) is 0 Å². The maximum atomic E-state index is 11.6. The van der Waals surface area contributed by atoms with Gasteiger partial charge in [-0.15, -0.1) is 5.17 Å². The topological polar surface area (TPSA) is 85.8 Å². The molecule has 2 aromatic rings. The molecule has 0 radical (unpaired) electrons. The molecular weight excluding hydrogens is 284 g/mol. The largest absolute Gasteiger partial charge is 0.449 e. The van der Waals surface area contributed by atoms with Crippen molar-refractivity contribution in [2.24, 2.45) is 5.84 Å². The van der Waals surface area contributed by atoms with Crippen molar-refractivity contribution in [2.45, 2.75) is 6.92 Å². The molecule has 0 spiro atoms. The first-order valence-electron chi connectivity index (χ1n) is 5.61. The number of nitrogens with two attached hydrogens (primary N) is 1.